The SMILES string of the molecule is CC/C=C\C(C)=O.CN=C/C=C\C(C)=O. The topological polar surface area (TPSA) is 46.5 Å². The largest absolute Gasteiger partial charge is 0.297 e. The van der Waals surface area contributed by atoms with Crippen molar-refractivity contribution in [1.29, 1.82) is 0 Å². The third kappa shape index (κ3) is 24.5. The molecule has 84 valence electrons. The lowest BCUT2D eigenvalue weighted by Crippen LogP contribution is -1.78. The van der Waals surface area contributed by atoms with Crippen molar-refractivity contribution in [2.45, 2.75) is 27.2 Å². The molecule has 15 heavy (non-hydrogen) atoms. The van der Waals surface area contributed by atoms with Gasteiger partial charge in [0.15, 0.2) is 11.6 Å². The standard InChI is InChI=1S/C6H9NO.C6H10O/c1-6(8)4-3-5-7-2;1-3-4-5-6(2)7/h3-5H,1-2H3;4-5H,3H2,1-2H3/b4-3-,7-5?;5-4-. The van der Waals surface area contributed by atoms with E-state index < -0.39 is 0 Å². The van der Waals surface area contributed by atoms with Crippen LogP contribution >= 0.6 is 0 Å². The summed E-state index contributed by atoms with van der Waals surface area (Å²) in [6.07, 6.45) is 9.03. The van der Waals surface area contributed by atoms with Crippen LogP contribution in [-0.2, 0) is 9.59 Å². The highest BCUT2D eigenvalue weighted by Crippen LogP contribution is 1.78. The zero-order valence-corrected chi connectivity index (χ0v) is 9.86. The Bertz CT molecular complexity index is 263. The number of hydrogen-bond acceptors (Lipinski definition) is 3. The van der Waals surface area contributed by atoms with Crippen LogP contribution in [0.5, 0.6) is 0 Å². The van der Waals surface area contributed by atoms with Gasteiger partial charge in [-0.05, 0) is 38.5 Å². The van der Waals surface area contributed by atoms with E-state index >= 15 is 0 Å². The first-order valence-corrected chi connectivity index (χ1v) is 4.81. The molecule has 0 rings (SSSR count). The van der Waals surface area contributed by atoms with E-state index in [0.29, 0.717) is 0 Å². The molecule has 0 aliphatic rings. The summed E-state index contributed by atoms with van der Waals surface area (Å²) >= 11 is 0. The number of carbonyl (C=O) groups is 2. The molecule has 0 saturated carbocycles. The molecule has 0 bridgehead atoms. The van der Waals surface area contributed by atoms with Gasteiger partial charge in [-0.2, -0.15) is 0 Å². The van der Waals surface area contributed by atoms with Gasteiger partial charge in [0.2, 0.25) is 0 Å². The zero-order chi connectivity index (χ0) is 12.1. The molecule has 0 unspecified atom stereocenters. The quantitative estimate of drug-likeness (QED) is 0.527. The summed E-state index contributed by atoms with van der Waals surface area (Å²) in [5, 5.41) is 0. The van der Waals surface area contributed by atoms with Crippen LogP contribution < -0.4 is 0 Å². The monoisotopic (exact) mass is 209 g/mol. The lowest BCUT2D eigenvalue weighted by atomic mass is 10.3. The van der Waals surface area contributed by atoms with Crippen molar-refractivity contribution in [3.8, 4) is 0 Å². The fourth-order valence-electron chi connectivity index (χ4n) is 0.548. The molecule has 0 radical (unpaired) electrons. The van der Waals surface area contributed by atoms with Crippen LogP contribution in [0.15, 0.2) is 29.3 Å². The van der Waals surface area contributed by atoms with E-state index in [-0.39, 0.29) is 11.6 Å². The van der Waals surface area contributed by atoms with Crippen molar-refractivity contribution in [1.82, 2.24) is 0 Å². The molecule has 0 aromatic heterocycles. The predicted octanol–water partition coefficient (Wildman–Crippen LogP) is 2.37. The summed E-state index contributed by atoms with van der Waals surface area (Å²) in [5.41, 5.74) is 0. The second kappa shape index (κ2) is 12.5. The van der Waals surface area contributed by atoms with Crippen LogP contribution in [0, 0.1) is 0 Å². The molecule has 0 atom stereocenters. The fourth-order valence-corrected chi connectivity index (χ4v) is 0.548. The van der Waals surface area contributed by atoms with Gasteiger partial charge in [0, 0.05) is 13.3 Å². The van der Waals surface area contributed by atoms with E-state index in [0.717, 1.165) is 6.42 Å². The number of ketones is 2. The maximum atomic E-state index is 10.2. The first kappa shape index (κ1) is 15.9. The number of hydrogen-bond donors (Lipinski definition) is 0. The Kier molecular flexibility index (Phi) is 13.3. The molecule has 0 spiro atoms. The van der Waals surface area contributed by atoms with Crippen molar-refractivity contribution in [3.05, 3.63) is 24.3 Å². The molecule has 0 amide bonds. The summed E-state index contributed by atoms with van der Waals surface area (Å²) < 4.78 is 0. The third-order valence-electron chi connectivity index (χ3n) is 1.15. The Labute approximate surface area is 91.6 Å². The summed E-state index contributed by atoms with van der Waals surface area (Å²) in [6.45, 7) is 5.05. The van der Waals surface area contributed by atoms with Crippen LogP contribution in [-0.4, -0.2) is 24.8 Å². The number of allylic oxidation sites excluding steroid dienone is 4. The highest BCUT2D eigenvalue weighted by Gasteiger charge is 1.76. The minimum Gasteiger partial charge on any atom is -0.297 e. The highest BCUT2D eigenvalue weighted by atomic mass is 16.1. The molecule has 3 nitrogen and oxygen atoms in total. The Balaban J connectivity index is 0. The average molecular weight is 209 g/mol. The minimum absolute atomic E-state index is 0.0462. The number of rotatable bonds is 4. The molecule has 0 heterocycles. The number of carbonyl (C=O) groups excluding carboxylic acids is 2. The van der Waals surface area contributed by atoms with Gasteiger partial charge in [-0.25, -0.2) is 0 Å². The number of aliphatic imine (C=N–C) groups is 1. The van der Waals surface area contributed by atoms with Gasteiger partial charge >= 0.3 is 0 Å². The van der Waals surface area contributed by atoms with Crippen molar-refractivity contribution in [2.75, 3.05) is 7.05 Å². The third-order valence-corrected chi connectivity index (χ3v) is 1.15. The second-order valence-corrected chi connectivity index (χ2v) is 2.80. The maximum Gasteiger partial charge on any atom is 0.152 e. The second-order valence-electron chi connectivity index (χ2n) is 2.80. The van der Waals surface area contributed by atoms with E-state index in [4.69, 9.17) is 0 Å². The lowest BCUT2D eigenvalue weighted by molar-refractivity contribution is -0.113. The first-order valence-electron chi connectivity index (χ1n) is 4.81. The molecule has 0 aliphatic carbocycles. The van der Waals surface area contributed by atoms with Gasteiger partial charge in [-0.1, -0.05) is 13.0 Å². The van der Waals surface area contributed by atoms with Crippen molar-refractivity contribution >= 4 is 17.8 Å². The average Bonchev–Trinajstić information content (AvgIpc) is 2.15. The van der Waals surface area contributed by atoms with Gasteiger partial charge < -0.3 is 0 Å². The predicted molar refractivity (Wildman–Crippen MR) is 64.3 cm³/mol. The van der Waals surface area contributed by atoms with Crippen LogP contribution in [0.2, 0.25) is 0 Å². The zero-order valence-electron chi connectivity index (χ0n) is 9.86. The van der Waals surface area contributed by atoms with Crippen LogP contribution in [0.1, 0.15) is 27.2 Å². The van der Waals surface area contributed by atoms with Crippen molar-refractivity contribution < 1.29 is 9.59 Å². The highest BCUT2D eigenvalue weighted by molar-refractivity contribution is 5.91. The van der Waals surface area contributed by atoms with Crippen molar-refractivity contribution in [2.24, 2.45) is 4.99 Å². The van der Waals surface area contributed by atoms with Gasteiger partial charge in [0.05, 0.1) is 0 Å². The normalized spacial score (nSPS) is 10.7. The molecule has 0 fully saturated rings. The Morgan fingerprint density at radius 3 is 1.93 bits per heavy atom. The number of nitrogens with zero attached hydrogens (tertiary/aromatic N) is 1. The van der Waals surface area contributed by atoms with Crippen LogP contribution in [0.25, 0.3) is 0 Å². The van der Waals surface area contributed by atoms with Gasteiger partial charge in [0.1, 0.15) is 0 Å². The summed E-state index contributed by atoms with van der Waals surface area (Å²) in [4.78, 5) is 23.9. The molecule has 0 N–H and O–H groups in total. The van der Waals surface area contributed by atoms with E-state index in [1.165, 1.54) is 13.0 Å². The molecule has 0 aliphatic heterocycles. The maximum absolute atomic E-state index is 10.2. The molecule has 3 heteroatoms. The summed E-state index contributed by atoms with van der Waals surface area (Å²) in [6, 6.07) is 0. The fraction of sp³-hybridized carbons (Fsp3) is 0.417. The van der Waals surface area contributed by atoms with E-state index in [2.05, 4.69) is 4.99 Å². The summed E-state index contributed by atoms with van der Waals surface area (Å²) in [5.74, 6) is 0.173. The Hall–Kier alpha value is -1.51. The van der Waals surface area contributed by atoms with Gasteiger partial charge in [0.25, 0.3) is 0 Å². The lowest BCUT2D eigenvalue weighted by Gasteiger charge is -1.73. The summed E-state index contributed by atoms with van der Waals surface area (Å²) in [7, 11) is 1.66. The van der Waals surface area contributed by atoms with Crippen LogP contribution in [0.4, 0.5) is 0 Å². The molecule has 0 aromatic carbocycles. The van der Waals surface area contributed by atoms with Crippen molar-refractivity contribution in [3.63, 3.8) is 0 Å². The van der Waals surface area contributed by atoms with E-state index in [9.17, 15) is 9.59 Å². The Morgan fingerprint density at radius 1 is 1.13 bits per heavy atom. The molecule has 0 saturated heterocycles. The Morgan fingerprint density at radius 2 is 1.67 bits per heavy atom. The minimum atomic E-state index is 0.0462. The van der Waals surface area contributed by atoms with E-state index in [1.807, 2.05) is 13.0 Å². The van der Waals surface area contributed by atoms with Gasteiger partial charge in [-0.15, -0.1) is 0 Å². The smallest absolute Gasteiger partial charge is 0.152 e. The molecular weight excluding hydrogens is 190 g/mol. The first-order chi connectivity index (χ1) is 7.04. The molecular formula is C12H19NO2. The molecule has 0 aromatic rings. The van der Waals surface area contributed by atoms with E-state index in [1.54, 1.807) is 32.3 Å². The van der Waals surface area contributed by atoms with Crippen LogP contribution in [0.3, 0.4) is 0 Å². The van der Waals surface area contributed by atoms with Gasteiger partial charge in [-0.3, -0.25) is 14.6 Å².